The molecule has 0 atom stereocenters. The highest BCUT2D eigenvalue weighted by atomic mass is 32.2. The Morgan fingerprint density at radius 3 is 2.67 bits per heavy atom. The van der Waals surface area contributed by atoms with E-state index in [0.29, 0.717) is 16.3 Å². The van der Waals surface area contributed by atoms with Crippen LogP contribution in [0.25, 0.3) is 11.1 Å². The van der Waals surface area contributed by atoms with Gasteiger partial charge < -0.3 is 9.73 Å². The fraction of sp³-hybridized carbons (Fsp3) is 0.0625. The highest BCUT2D eigenvalue weighted by Crippen LogP contribution is 2.22. The molecule has 6 nitrogen and oxygen atoms in total. The molecule has 0 fully saturated rings. The van der Waals surface area contributed by atoms with Crippen molar-refractivity contribution < 1.29 is 18.4 Å². The average Bonchev–Trinajstić information content (AvgIpc) is 2.98. The van der Waals surface area contributed by atoms with Gasteiger partial charge >= 0.3 is 6.03 Å². The van der Waals surface area contributed by atoms with Crippen LogP contribution >= 0.6 is 11.8 Å². The largest absolute Gasteiger partial charge is 0.431 e. The molecule has 0 aliphatic rings. The number of amides is 3. The standard InChI is InChI=1S/C16H12FN3O3S/c17-10-5-1-2-6-11(10)18-15(22)20-14(21)9-24-16-19-12-7-3-4-8-13(12)23-16/h1-8H,9H2,(H2,18,20,21,22). The van der Waals surface area contributed by atoms with E-state index in [2.05, 4.69) is 15.6 Å². The second-order valence-corrected chi connectivity index (χ2v) is 5.64. The van der Waals surface area contributed by atoms with Crippen LogP contribution in [0.4, 0.5) is 14.9 Å². The van der Waals surface area contributed by atoms with Crippen molar-refractivity contribution in [2.75, 3.05) is 11.1 Å². The van der Waals surface area contributed by atoms with Crippen molar-refractivity contribution >= 4 is 40.5 Å². The molecule has 0 spiro atoms. The van der Waals surface area contributed by atoms with E-state index in [9.17, 15) is 14.0 Å². The molecule has 0 bridgehead atoms. The predicted molar refractivity (Wildman–Crippen MR) is 88.3 cm³/mol. The first-order valence-corrected chi connectivity index (χ1v) is 7.94. The maximum atomic E-state index is 13.4. The highest BCUT2D eigenvalue weighted by molar-refractivity contribution is 7.99. The number of aromatic nitrogens is 1. The molecule has 8 heteroatoms. The summed E-state index contributed by atoms with van der Waals surface area (Å²) in [6.07, 6.45) is 0. The zero-order valence-electron chi connectivity index (χ0n) is 12.3. The number of para-hydroxylation sites is 3. The fourth-order valence-electron chi connectivity index (χ4n) is 1.92. The summed E-state index contributed by atoms with van der Waals surface area (Å²) < 4.78 is 18.9. The second-order valence-electron chi connectivity index (χ2n) is 4.72. The number of anilines is 1. The predicted octanol–water partition coefficient (Wildman–Crippen LogP) is 3.41. The lowest BCUT2D eigenvalue weighted by Crippen LogP contribution is -2.35. The lowest BCUT2D eigenvalue weighted by atomic mass is 10.3. The molecule has 0 aliphatic heterocycles. The zero-order valence-corrected chi connectivity index (χ0v) is 13.1. The third-order valence-electron chi connectivity index (χ3n) is 2.98. The van der Waals surface area contributed by atoms with Gasteiger partial charge in [-0.3, -0.25) is 10.1 Å². The van der Waals surface area contributed by atoms with Crippen LogP contribution in [0.1, 0.15) is 0 Å². The number of carbonyl (C=O) groups excluding carboxylic acids is 2. The van der Waals surface area contributed by atoms with Crippen LogP contribution in [0.3, 0.4) is 0 Å². The van der Waals surface area contributed by atoms with Crippen LogP contribution in [0.5, 0.6) is 0 Å². The summed E-state index contributed by atoms with van der Waals surface area (Å²) in [6, 6.07) is 12.1. The van der Waals surface area contributed by atoms with Crippen molar-refractivity contribution in [1.29, 1.82) is 0 Å². The maximum absolute atomic E-state index is 13.4. The molecule has 0 unspecified atom stereocenters. The number of nitrogens with zero attached hydrogens (tertiary/aromatic N) is 1. The van der Waals surface area contributed by atoms with Gasteiger partial charge in [-0.15, -0.1) is 0 Å². The van der Waals surface area contributed by atoms with Crippen molar-refractivity contribution in [3.05, 3.63) is 54.3 Å². The van der Waals surface area contributed by atoms with Crippen molar-refractivity contribution in [1.82, 2.24) is 10.3 Å². The zero-order chi connectivity index (χ0) is 16.9. The molecule has 122 valence electrons. The van der Waals surface area contributed by atoms with Crippen molar-refractivity contribution in [3.8, 4) is 0 Å². The molecule has 0 saturated heterocycles. The van der Waals surface area contributed by atoms with Gasteiger partial charge in [0, 0.05) is 0 Å². The van der Waals surface area contributed by atoms with Gasteiger partial charge in [0.2, 0.25) is 5.91 Å². The van der Waals surface area contributed by atoms with Crippen LogP contribution in [-0.2, 0) is 4.79 Å². The van der Waals surface area contributed by atoms with Crippen LogP contribution < -0.4 is 10.6 Å². The van der Waals surface area contributed by atoms with E-state index in [1.54, 1.807) is 18.2 Å². The van der Waals surface area contributed by atoms with Gasteiger partial charge in [0.25, 0.3) is 5.22 Å². The molecule has 1 heterocycles. The smallest absolute Gasteiger partial charge is 0.325 e. The third kappa shape index (κ3) is 3.90. The number of urea groups is 1. The van der Waals surface area contributed by atoms with Crippen LogP contribution in [0, 0.1) is 5.82 Å². The molecule has 3 amide bonds. The maximum Gasteiger partial charge on any atom is 0.325 e. The third-order valence-corrected chi connectivity index (χ3v) is 3.80. The van der Waals surface area contributed by atoms with Crippen molar-refractivity contribution in [2.45, 2.75) is 5.22 Å². The number of fused-ring (bicyclic) bond motifs is 1. The van der Waals surface area contributed by atoms with E-state index in [-0.39, 0.29) is 11.4 Å². The van der Waals surface area contributed by atoms with Crippen molar-refractivity contribution in [3.63, 3.8) is 0 Å². The fourth-order valence-corrected chi connectivity index (χ4v) is 2.56. The summed E-state index contributed by atoms with van der Waals surface area (Å²) in [5.74, 6) is -1.19. The minimum absolute atomic E-state index is 0.00518. The topological polar surface area (TPSA) is 84.2 Å². The Hall–Kier alpha value is -2.87. The summed E-state index contributed by atoms with van der Waals surface area (Å²) in [6.45, 7) is 0. The summed E-state index contributed by atoms with van der Waals surface area (Å²) in [5.41, 5.74) is 1.31. The molecule has 24 heavy (non-hydrogen) atoms. The van der Waals surface area contributed by atoms with E-state index in [4.69, 9.17) is 4.42 Å². The lowest BCUT2D eigenvalue weighted by molar-refractivity contribution is -0.117. The molecule has 0 saturated carbocycles. The minimum atomic E-state index is -0.803. The average molecular weight is 345 g/mol. The number of benzene rings is 2. The number of hydrogen-bond donors (Lipinski definition) is 2. The second kappa shape index (κ2) is 7.14. The van der Waals surface area contributed by atoms with Gasteiger partial charge in [0.15, 0.2) is 5.58 Å². The number of halogens is 1. The molecule has 0 radical (unpaired) electrons. The number of nitrogens with one attached hydrogen (secondary N) is 2. The van der Waals surface area contributed by atoms with Crippen LogP contribution in [0.2, 0.25) is 0 Å². The normalized spacial score (nSPS) is 10.5. The first kappa shape index (κ1) is 16.0. The Kier molecular flexibility index (Phi) is 4.76. The van der Waals surface area contributed by atoms with E-state index >= 15 is 0 Å². The summed E-state index contributed by atoms with van der Waals surface area (Å²) in [7, 11) is 0. The number of oxazole rings is 1. The lowest BCUT2D eigenvalue weighted by Gasteiger charge is -2.06. The molecule has 1 aromatic heterocycles. The van der Waals surface area contributed by atoms with Crippen LogP contribution in [0.15, 0.2) is 58.2 Å². The van der Waals surface area contributed by atoms with Crippen LogP contribution in [-0.4, -0.2) is 22.7 Å². The molecule has 2 N–H and O–H groups in total. The summed E-state index contributed by atoms with van der Waals surface area (Å²) in [4.78, 5) is 27.6. The summed E-state index contributed by atoms with van der Waals surface area (Å²) >= 11 is 1.06. The minimum Gasteiger partial charge on any atom is -0.431 e. The molecule has 2 aromatic carbocycles. The van der Waals surface area contributed by atoms with E-state index in [0.717, 1.165) is 11.8 Å². The van der Waals surface area contributed by atoms with Gasteiger partial charge in [0.05, 0.1) is 11.4 Å². The number of imide groups is 1. The Balaban J connectivity index is 1.52. The number of carbonyl (C=O) groups is 2. The Bertz CT molecular complexity index is 864. The molecular formula is C16H12FN3O3S. The Morgan fingerprint density at radius 1 is 1.12 bits per heavy atom. The van der Waals surface area contributed by atoms with Gasteiger partial charge in [-0.1, -0.05) is 36.0 Å². The Morgan fingerprint density at radius 2 is 1.88 bits per heavy atom. The molecule has 3 aromatic rings. The number of hydrogen-bond acceptors (Lipinski definition) is 5. The Labute approximate surface area is 140 Å². The molecular weight excluding hydrogens is 333 g/mol. The van der Waals surface area contributed by atoms with E-state index < -0.39 is 17.8 Å². The first-order valence-electron chi connectivity index (χ1n) is 6.95. The SMILES string of the molecule is O=C(CSc1nc2ccccc2o1)NC(=O)Nc1ccccc1F. The highest BCUT2D eigenvalue weighted by Gasteiger charge is 2.12. The van der Waals surface area contributed by atoms with Gasteiger partial charge in [-0.05, 0) is 24.3 Å². The number of thioether (sulfide) groups is 1. The quantitative estimate of drug-likeness (QED) is 0.708. The summed E-state index contributed by atoms with van der Waals surface area (Å²) in [5, 5.41) is 4.71. The van der Waals surface area contributed by atoms with Gasteiger partial charge in [-0.2, -0.15) is 0 Å². The van der Waals surface area contributed by atoms with E-state index in [1.165, 1.54) is 18.2 Å². The van der Waals surface area contributed by atoms with Gasteiger partial charge in [-0.25, -0.2) is 14.2 Å². The molecule has 0 aliphatic carbocycles. The van der Waals surface area contributed by atoms with Gasteiger partial charge in [0.1, 0.15) is 11.3 Å². The number of rotatable bonds is 4. The van der Waals surface area contributed by atoms with Crippen molar-refractivity contribution in [2.24, 2.45) is 0 Å². The first-order chi connectivity index (χ1) is 11.6. The monoisotopic (exact) mass is 345 g/mol. The van der Waals surface area contributed by atoms with E-state index in [1.807, 2.05) is 12.1 Å². The molecule has 3 rings (SSSR count).